The van der Waals surface area contributed by atoms with E-state index in [1.807, 2.05) is 36.4 Å². The van der Waals surface area contributed by atoms with E-state index < -0.39 is 28.8 Å². The van der Waals surface area contributed by atoms with Crippen molar-refractivity contribution in [3.63, 3.8) is 0 Å². The maximum atomic E-state index is 13.5. The van der Waals surface area contributed by atoms with Crippen LogP contribution in [0.4, 0.5) is 18.9 Å². The molecule has 0 aliphatic heterocycles. The van der Waals surface area contributed by atoms with E-state index in [9.17, 15) is 23.1 Å². The van der Waals surface area contributed by atoms with Gasteiger partial charge in [-0.3, -0.25) is 4.79 Å². The van der Waals surface area contributed by atoms with Crippen molar-refractivity contribution >= 4 is 11.6 Å². The lowest BCUT2D eigenvalue weighted by Gasteiger charge is -2.37. The molecule has 4 rings (SSSR count). The highest BCUT2D eigenvalue weighted by atomic mass is 19.4. The third-order valence-corrected chi connectivity index (χ3v) is 7.15. The molecule has 8 heteroatoms. The number of hydrogen-bond donors (Lipinski definition) is 2. The van der Waals surface area contributed by atoms with E-state index in [0.717, 1.165) is 42.5 Å². The summed E-state index contributed by atoms with van der Waals surface area (Å²) in [6.07, 6.45) is -0.789. The van der Waals surface area contributed by atoms with E-state index in [-0.39, 0.29) is 18.0 Å². The van der Waals surface area contributed by atoms with Crippen LogP contribution < -0.4 is 5.32 Å². The van der Waals surface area contributed by atoms with E-state index in [1.54, 1.807) is 12.1 Å². The maximum Gasteiger partial charge on any atom is 0.417 e. The van der Waals surface area contributed by atoms with Crippen molar-refractivity contribution in [1.29, 1.82) is 10.5 Å². The van der Waals surface area contributed by atoms with Crippen molar-refractivity contribution in [1.82, 2.24) is 0 Å². The number of nitrogens with zero attached hydrogens (tertiary/aromatic N) is 2. The zero-order valence-electron chi connectivity index (χ0n) is 20.6. The monoisotopic (exact) mass is 517 g/mol. The Kier molecular flexibility index (Phi) is 7.85. The van der Waals surface area contributed by atoms with Gasteiger partial charge in [0.1, 0.15) is 5.60 Å². The fourth-order valence-corrected chi connectivity index (χ4v) is 5.05. The summed E-state index contributed by atoms with van der Waals surface area (Å²) in [5.41, 5.74) is -0.564. The molecule has 0 aromatic heterocycles. The van der Waals surface area contributed by atoms with Crippen LogP contribution in [0.3, 0.4) is 0 Å². The Morgan fingerprint density at radius 2 is 1.50 bits per heavy atom. The van der Waals surface area contributed by atoms with Gasteiger partial charge < -0.3 is 10.4 Å². The molecule has 2 N–H and O–H groups in total. The summed E-state index contributed by atoms with van der Waals surface area (Å²) < 4.78 is 40.3. The summed E-state index contributed by atoms with van der Waals surface area (Å²) in [5.74, 6) is -1.12. The number of nitriles is 2. The lowest BCUT2D eigenvalue weighted by atomic mass is 9.73. The van der Waals surface area contributed by atoms with Gasteiger partial charge in [-0.2, -0.15) is 23.7 Å². The molecule has 0 heterocycles. The van der Waals surface area contributed by atoms with Crippen LogP contribution in [0.5, 0.6) is 0 Å². The molecule has 0 spiro atoms. The van der Waals surface area contributed by atoms with Crippen LogP contribution >= 0.6 is 0 Å². The van der Waals surface area contributed by atoms with Crippen molar-refractivity contribution < 1.29 is 23.1 Å². The number of nitrogens with one attached hydrogen (secondary N) is 1. The van der Waals surface area contributed by atoms with Gasteiger partial charge in [0, 0.05) is 12.1 Å². The predicted octanol–water partition coefficient (Wildman–Crippen LogP) is 6.61. The SMILES string of the molecule is N#Cc1ccc(-c2ccc(CC(O)(C(=O)Nc3ccc(C#N)c(C(F)(F)F)c3)C3CCCCC3)cc2)cc1. The molecule has 0 bridgehead atoms. The Morgan fingerprint density at radius 1 is 0.895 bits per heavy atom. The minimum Gasteiger partial charge on any atom is -0.379 e. The van der Waals surface area contributed by atoms with Crippen molar-refractivity contribution in [3.05, 3.63) is 89.0 Å². The van der Waals surface area contributed by atoms with Crippen LogP contribution in [0.25, 0.3) is 11.1 Å². The highest BCUT2D eigenvalue weighted by Crippen LogP contribution is 2.37. The highest BCUT2D eigenvalue weighted by molar-refractivity contribution is 5.97. The highest BCUT2D eigenvalue weighted by Gasteiger charge is 2.44. The number of alkyl halides is 3. The van der Waals surface area contributed by atoms with Gasteiger partial charge in [-0.05, 0) is 65.8 Å². The molecule has 1 amide bonds. The number of carbonyl (C=O) groups is 1. The molecule has 38 heavy (non-hydrogen) atoms. The Bertz CT molecular complexity index is 1380. The third kappa shape index (κ3) is 5.88. The molecule has 1 atom stereocenters. The number of anilines is 1. The van der Waals surface area contributed by atoms with E-state index in [2.05, 4.69) is 11.4 Å². The van der Waals surface area contributed by atoms with Gasteiger partial charge in [0.05, 0.1) is 28.8 Å². The van der Waals surface area contributed by atoms with Crippen LogP contribution in [-0.4, -0.2) is 16.6 Å². The Hall–Kier alpha value is -4.14. The van der Waals surface area contributed by atoms with Gasteiger partial charge in [0.2, 0.25) is 0 Å². The minimum absolute atomic E-state index is 0.000439. The first kappa shape index (κ1) is 26.9. The second-order valence-corrected chi connectivity index (χ2v) is 9.65. The van der Waals surface area contributed by atoms with E-state index >= 15 is 0 Å². The maximum absolute atomic E-state index is 13.5. The van der Waals surface area contributed by atoms with Gasteiger partial charge in [-0.15, -0.1) is 0 Å². The predicted molar refractivity (Wildman–Crippen MR) is 137 cm³/mol. The second-order valence-electron chi connectivity index (χ2n) is 9.65. The van der Waals surface area contributed by atoms with Crippen LogP contribution in [-0.2, 0) is 17.4 Å². The number of amides is 1. The molecule has 5 nitrogen and oxygen atoms in total. The van der Waals surface area contributed by atoms with E-state index in [0.29, 0.717) is 24.0 Å². The molecule has 1 aliphatic rings. The lowest BCUT2D eigenvalue weighted by Crippen LogP contribution is -2.51. The van der Waals surface area contributed by atoms with Crippen LogP contribution in [0.2, 0.25) is 0 Å². The van der Waals surface area contributed by atoms with E-state index in [4.69, 9.17) is 10.5 Å². The van der Waals surface area contributed by atoms with Crippen LogP contribution in [0, 0.1) is 28.6 Å². The number of halogens is 3. The average molecular weight is 518 g/mol. The summed E-state index contributed by atoms with van der Waals surface area (Å²) in [4.78, 5) is 13.5. The summed E-state index contributed by atoms with van der Waals surface area (Å²) in [5, 5.41) is 32.3. The Labute approximate surface area is 219 Å². The first-order valence-corrected chi connectivity index (χ1v) is 12.4. The smallest absolute Gasteiger partial charge is 0.379 e. The molecule has 3 aromatic rings. The topological polar surface area (TPSA) is 96.9 Å². The summed E-state index contributed by atoms with van der Waals surface area (Å²) in [7, 11) is 0. The van der Waals surface area contributed by atoms with Gasteiger partial charge in [0.15, 0.2) is 0 Å². The number of rotatable bonds is 6. The first-order chi connectivity index (χ1) is 18.1. The molecular formula is C30H26F3N3O2. The first-order valence-electron chi connectivity index (χ1n) is 12.4. The van der Waals surface area contributed by atoms with Crippen molar-refractivity contribution in [2.75, 3.05) is 5.32 Å². The van der Waals surface area contributed by atoms with Gasteiger partial charge in [0.25, 0.3) is 5.91 Å². The molecule has 1 unspecified atom stereocenters. The third-order valence-electron chi connectivity index (χ3n) is 7.15. The van der Waals surface area contributed by atoms with Gasteiger partial charge in [-0.1, -0.05) is 55.7 Å². The average Bonchev–Trinajstić information content (AvgIpc) is 2.93. The molecular weight excluding hydrogens is 491 g/mol. The molecule has 1 aliphatic carbocycles. The standard InChI is InChI=1S/C30H26F3N3O2/c31-30(32,33)27-16-26(15-14-24(27)19-35)36-28(37)29(38,25-4-2-1-3-5-25)17-20-6-10-22(11-7-20)23-12-8-21(18-34)9-13-23/h6-16,25,38H,1-5,17H2,(H,36,37). The van der Waals surface area contributed by atoms with Gasteiger partial charge >= 0.3 is 6.18 Å². The molecule has 194 valence electrons. The van der Waals surface area contributed by atoms with Gasteiger partial charge in [-0.25, -0.2) is 0 Å². The number of benzene rings is 3. The van der Waals surface area contributed by atoms with Crippen molar-refractivity contribution in [3.8, 4) is 23.3 Å². The largest absolute Gasteiger partial charge is 0.417 e. The zero-order chi connectivity index (χ0) is 27.3. The molecule has 0 saturated heterocycles. The molecule has 3 aromatic carbocycles. The summed E-state index contributed by atoms with van der Waals surface area (Å²) in [6, 6.07) is 21.1. The lowest BCUT2D eigenvalue weighted by molar-refractivity contribution is -0.142. The fraction of sp³-hybridized carbons (Fsp3) is 0.300. The number of aliphatic hydroxyl groups is 1. The Morgan fingerprint density at radius 3 is 2.05 bits per heavy atom. The second kappa shape index (κ2) is 11.1. The summed E-state index contributed by atoms with van der Waals surface area (Å²) in [6.45, 7) is 0. The minimum atomic E-state index is -4.76. The molecule has 1 fully saturated rings. The normalized spacial score (nSPS) is 15.6. The van der Waals surface area contributed by atoms with Crippen LogP contribution in [0.15, 0.2) is 66.7 Å². The van der Waals surface area contributed by atoms with E-state index in [1.165, 1.54) is 12.1 Å². The van der Waals surface area contributed by atoms with Crippen LogP contribution in [0.1, 0.15) is 54.4 Å². The molecule has 0 radical (unpaired) electrons. The van der Waals surface area contributed by atoms with Crippen molar-refractivity contribution in [2.45, 2.75) is 50.3 Å². The number of hydrogen-bond acceptors (Lipinski definition) is 4. The molecule has 1 saturated carbocycles. The summed E-state index contributed by atoms with van der Waals surface area (Å²) >= 11 is 0. The quantitative estimate of drug-likeness (QED) is 0.385. The fourth-order valence-electron chi connectivity index (χ4n) is 5.05. The van der Waals surface area contributed by atoms with Crippen molar-refractivity contribution in [2.24, 2.45) is 5.92 Å². The zero-order valence-corrected chi connectivity index (χ0v) is 20.6. The Balaban J connectivity index is 1.60. The number of carbonyl (C=O) groups excluding carboxylic acids is 1.